The third kappa shape index (κ3) is 6.56. The van der Waals surface area contributed by atoms with Crippen LogP contribution in [0.4, 0.5) is 11.4 Å². The van der Waals surface area contributed by atoms with Gasteiger partial charge in [0.2, 0.25) is 11.8 Å². The molecule has 176 valence electrons. The second kappa shape index (κ2) is 11.6. The zero-order chi connectivity index (χ0) is 24.0. The van der Waals surface area contributed by atoms with E-state index in [4.69, 9.17) is 27.9 Å². The summed E-state index contributed by atoms with van der Waals surface area (Å²) in [7, 11) is 0. The summed E-state index contributed by atoms with van der Waals surface area (Å²) in [4.78, 5) is 32.0. The van der Waals surface area contributed by atoms with Gasteiger partial charge in [0.15, 0.2) is 10.9 Å². The van der Waals surface area contributed by atoms with Crippen LogP contribution < -0.4 is 10.1 Å². The second-order valence-corrected chi connectivity index (χ2v) is 9.29. The van der Waals surface area contributed by atoms with Gasteiger partial charge in [-0.2, -0.15) is 0 Å². The number of rotatable bonds is 8. The molecular weight excluding hydrogens is 485 g/mol. The summed E-state index contributed by atoms with van der Waals surface area (Å²) in [5, 5.41) is 12.5. The van der Waals surface area contributed by atoms with E-state index in [1.807, 2.05) is 13.8 Å². The molecule has 0 aromatic heterocycles. The largest absolute Gasteiger partial charge is 0.505 e. The van der Waals surface area contributed by atoms with Gasteiger partial charge in [0.05, 0.1) is 22.3 Å². The van der Waals surface area contributed by atoms with Crippen LogP contribution >= 0.6 is 35.0 Å². The first-order chi connectivity index (χ1) is 15.8. The number of ether oxygens (including phenoxy) is 1. The van der Waals surface area contributed by atoms with Crippen molar-refractivity contribution in [1.29, 1.82) is 0 Å². The van der Waals surface area contributed by atoms with Crippen molar-refractivity contribution >= 4 is 63.3 Å². The van der Waals surface area contributed by atoms with E-state index in [2.05, 4.69) is 10.3 Å². The van der Waals surface area contributed by atoms with E-state index in [9.17, 15) is 14.7 Å². The predicted molar refractivity (Wildman–Crippen MR) is 134 cm³/mol. The molecule has 1 atom stereocenters. The van der Waals surface area contributed by atoms with Gasteiger partial charge < -0.3 is 15.2 Å². The number of carbonyl (C=O) groups excluding carboxylic acids is 2. The molecule has 0 aliphatic carbocycles. The first kappa shape index (κ1) is 25.2. The Hall–Kier alpha value is -2.42. The van der Waals surface area contributed by atoms with Crippen molar-refractivity contribution in [2.24, 2.45) is 4.99 Å². The number of hydrogen-bond donors (Lipinski definition) is 2. The lowest BCUT2D eigenvalue weighted by molar-refractivity contribution is -0.129. The molecule has 33 heavy (non-hydrogen) atoms. The van der Waals surface area contributed by atoms with Crippen molar-refractivity contribution in [3.63, 3.8) is 0 Å². The quantitative estimate of drug-likeness (QED) is 0.464. The molecule has 2 aromatic carbocycles. The van der Waals surface area contributed by atoms with Crippen molar-refractivity contribution in [2.75, 3.05) is 18.5 Å². The van der Waals surface area contributed by atoms with E-state index in [0.717, 1.165) is 12.8 Å². The molecule has 3 rings (SSSR count). The molecule has 0 radical (unpaired) electrons. The first-order valence-electron chi connectivity index (χ1n) is 10.6. The zero-order valence-electron chi connectivity index (χ0n) is 18.3. The maximum atomic E-state index is 12.9. The van der Waals surface area contributed by atoms with Crippen LogP contribution in [-0.2, 0) is 9.59 Å². The lowest BCUT2D eigenvalue weighted by Crippen LogP contribution is -2.45. The molecule has 1 saturated heterocycles. The Balaban J connectivity index is 1.82. The van der Waals surface area contributed by atoms with Gasteiger partial charge in [-0.3, -0.25) is 14.5 Å². The smallest absolute Gasteiger partial charge is 0.238 e. The van der Waals surface area contributed by atoms with Gasteiger partial charge in [-0.15, -0.1) is 0 Å². The third-order valence-electron chi connectivity index (χ3n) is 4.83. The van der Waals surface area contributed by atoms with Crippen LogP contribution in [-0.4, -0.2) is 45.4 Å². The Morgan fingerprint density at radius 2 is 1.91 bits per heavy atom. The van der Waals surface area contributed by atoms with Crippen LogP contribution in [0.25, 0.3) is 0 Å². The summed E-state index contributed by atoms with van der Waals surface area (Å²) in [5.74, 6) is 0.0147. The summed E-state index contributed by atoms with van der Waals surface area (Å²) >= 11 is 13.3. The molecular formula is C23H25Cl2N3O4S. The molecule has 1 aliphatic rings. The molecule has 0 saturated carbocycles. The number of carbonyl (C=O) groups is 2. The van der Waals surface area contributed by atoms with Gasteiger partial charge in [0.25, 0.3) is 0 Å². The Labute approximate surface area is 207 Å². The Kier molecular flexibility index (Phi) is 8.88. The molecule has 1 unspecified atom stereocenters. The Morgan fingerprint density at radius 1 is 1.24 bits per heavy atom. The Bertz CT molecular complexity index is 1020. The molecule has 0 bridgehead atoms. The number of halogens is 2. The molecule has 7 nitrogen and oxygen atoms in total. The molecule has 1 aliphatic heterocycles. The third-order valence-corrected chi connectivity index (χ3v) is 6.59. The van der Waals surface area contributed by atoms with E-state index in [1.54, 1.807) is 29.2 Å². The topological polar surface area (TPSA) is 91.2 Å². The molecule has 2 amide bonds. The van der Waals surface area contributed by atoms with Crippen molar-refractivity contribution < 1.29 is 19.4 Å². The fraction of sp³-hybridized carbons (Fsp3) is 0.348. The fourth-order valence-electron chi connectivity index (χ4n) is 3.13. The van der Waals surface area contributed by atoms with Crippen LogP contribution in [0, 0.1) is 0 Å². The van der Waals surface area contributed by atoms with E-state index in [0.29, 0.717) is 35.4 Å². The fourth-order valence-corrected chi connectivity index (χ4v) is 4.73. The highest BCUT2D eigenvalue weighted by atomic mass is 35.5. The molecule has 0 spiro atoms. The number of aliphatic imine (C=N–C) groups is 1. The number of benzene rings is 2. The van der Waals surface area contributed by atoms with Crippen molar-refractivity contribution in [3.8, 4) is 11.5 Å². The monoisotopic (exact) mass is 509 g/mol. The highest BCUT2D eigenvalue weighted by molar-refractivity contribution is 8.15. The zero-order valence-corrected chi connectivity index (χ0v) is 20.6. The van der Waals surface area contributed by atoms with E-state index in [-0.39, 0.29) is 34.0 Å². The van der Waals surface area contributed by atoms with Crippen LogP contribution in [0.15, 0.2) is 41.4 Å². The van der Waals surface area contributed by atoms with Gasteiger partial charge >= 0.3 is 0 Å². The predicted octanol–water partition coefficient (Wildman–Crippen LogP) is 5.86. The highest BCUT2D eigenvalue weighted by Crippen LogP contribution is 2.37. The highest BCUT2D eigenvalue weighted by Gasteiger charge is 2.35. The molecule has 2 N–H and O–H groups in total. The number of phenols is 1. The summed E-state index contributed by atoms with van der Waals surface area (Å²) < 4.78 is 5.42. The van der Waals surface area contributed by atoms with Crippen LogP contribution in [0.1, 0.15) is 33.1 Å². The van der Waals surface area contributed by atoms with Crippen LogP contribution in [0.3, 0.4) is 0 Å². The van der Waals surface area contributed by atoms with Gasteiger partial charge in [0.1, 0.15) is 11.0 Å². The number of amidine groups is 1. The molecule has 1 fully saturated rings. The minimum Gasteiger partial charge on any atom is -0.505 e. The van der Waals surface area contributed by atoms with Crippen molar-refractivity contribution in [1.82, 2.24) is 4.90 Å². The SMILES string of the molecule is CCCCN1C(=O)CC(C(=O)Nc2ccc(OCC)cc2)SC1=Nc1cc(Cl)c(O)c(Cl)c1. The van der Waals surface area contributed by atoms with E-state index in [1.165, 1.54) is 23.9 Å². The van der Waals surface area contributed by atoms with Crippen LogP contribution in [0.2, 0.25) is 10.0 Å². The minimum atomic E-state index is -0.649. The van der Waals surface area contributed by atoms with Gasteiger partial charge in [-0.1, -0.05) is 48.3 Å². The number of aromatic hydroxyl groups is 1. The first-order valence-corrected chi connectivity index (χ1v) is 12.2. The van der Waals surface area contributed by atoms with Crippen molar-refractivity contribution in [3.05, 3.63) is 46.4 Å². The van der Waals surface area contributed by atoms with E-state index >= 15 is 0 Å². The maximum absolute atomic E-state index is 12.9. The maximum Gasteiger partial charge on any atom is 0.238 e. The average molecular weight is 510 g/mol. The van der Waals surface area contributed by atoms with Gasteiger partial charge in [-0.05, 0) is 49.7 Å². The lowest BCUT2D eigenvalue weighted by Gasteiger charge is -2.31. The van der Waals surface area contributed by atoms with Gasteiger partial charge in [0, 0.05) is 18.7 Å². The normalized spacial score (nSPS) is 17.3. The number of thioether (sulfide) groups is 1. The Morgan fingerprint density at radius 3 is 2.52 bits per heavy atom. The summed E-state index contributed by atoms with van der Waals surface area (Å²) in [6.45, 7) is 4.98. The molecule has 2 aromatic rings. The minimum absolute atomic E-state index is 0.0545. The van der Waals surface area contributed by atoms with Gasteiger partial charge in [-0.25, -0.2) is 4.99 Å². The number of hydrogen-bond acceptors (Lipinski definition) is 6. The number of nitrogens with one attached hydrogen (secondary N) is 1. The summed E-state index contributed by atoms with van der Waals surface area (Å²) in [6.07, 6.45) is 1.76. The number of anilines is 1. The van der Waals surface area contributed by atoms with E-state index < -0.39 is 5.25 Å². The second-order valence-electron chi connectivity index (χ2n) is 7.31. The molecule has 10 heteroatoms. The number of nitrogens with zero attached hydrogens (tertiary/aromatic N) is 2. The summed E-state index contributed by atoms with van der Waals surface area (Å²) in [6, 6.07) is 9.97. The summed E-state index contributed by atoms with van der Waals surface area (Å²) in [5.41, 5.74) is 0.993. The number of unbranched alkanes of at least 4 members (excludes halogenated alkanes) is 1. The number of amides is 2. The number of phenolic OH excluding ortho intramolecular Hbond substituents is 1. The van der Waals surface area contributed by atoms with Crippen molar-refractivity contribution in [2.45, 2.75) is 38.4 Å². The lowest BCUT2D eigenvalue weighted by atomic mass is 10.2. The molecule has 1 heterocycles. The standard InChI is InChI=1S/C23H25Cl2N3O4S/c1-3-5-10-28-20(29)13-19(22(31)26-14-6-8-16(9-7-14)32-4-2)33-23(28)27-15-11-17(24)21(30)18(25)12-15/h6-9,11-12,19,30H,3-5,10,13H2,1-2H3,(H,26,31). The van der Waals surface area contributed by atoms with Crippen LogP contribution in [0.5, 0.6) is 11.5 Å². The average Bonchev–Trinajstić information content (AvgIpc) is 2.78.